The Hall–Kier alpha value is -5.48. The summed E-state index contributed by atoms with van der Waals surface area (Å²) in [4.78, 5) is 30.5. The van der Waals surface area contributed by atoms with Crippen LogP contribution in [0.15, 0.2) is 112 Å². The lowest BCUT2D eigenvalue weighted by Gasteiger charge is -2.14. The van der Waals surface area contributed by atoms with Crippen molar-refractivity contribution in [3.63, 3.8) is 0 Å². The zero-order valence-electron chi connectivity index (χ0n) is 24.1. The van der Waals surface area contributed by atoms with Crippen molar-refractivity contribution < 1.29 is 19.8 Å². The van der Waals surface area contributed by atoms with E-state index in [0.717, 1.165) is 0 Å². The van der Waals surface area contributed by atoms with Gasteiger partial charge in [-0.3, -0.25) is 14.6 Å². The summed E-state index contributed by atoms with van der Waals surface area (Å²) in [6, 6.07) is 26.5. The zero-order valence-corrected chi connectivity index (χ0v) is 26.4. The quantitative estimate of drug-likeness (QED) is 0.0984. The van der Waals surface area contributed by atoms with Crippen LogP contribution in [0.5, 0.6) is 11.5 Å². The number of benzene rings is 6. The lowest BCUT2D eigenvalue weighted by atomic mass is 10.0. The molecule has 0 atom stereocenters. The standard InChI is InChI=1S/C35H22Cl3N5O4/c1-39-30-22-8-4-2-6-18(22)14-24(32(30)44)34(46)40-21-11-13-28(27(38)17-21)41-35(47)25-15-19-7-3-5-9-23(19)31(33(25)45)43-42-29-16-20(36)10-12-26(29)37/h2-17,44-45H,1H2,(H,40,46)(H,41,47). The van der Waals surface area contributed by atoms with Crippen molar-refractivity contribution in [2.45, 2.75) is 0 Å². The van der Waals surface area contributed by atoms with Crippen molar-refractivity contribution in [3.8, 4) is 11.5 Å². The second-order valence-electron chi connectivity index (χ2n) is 10.2. The Morgan fingerprint density at radius 2 is 1.23 bits per heavy atom. The molecule has 12 heteroatoms. The van der Waals surface area contributed by atoms with Gasteiger partial charge in [0.25, 0.3) is 11.8 Å². The molecule has 0 saturated heterocycles. The number of azo groups is 1. The Balaban J connectivity index is 1.26. The fraction of sp³-hybridized carbons (Fsp3) is 0. The number of aromatic hydroxyl groups is 2. The van der Waals surface area contributed by atoms with Crippen molar-refractivity contribution >= 4 is 103 Å². The minimum absolute atomic E-state index is 0.00281. The van der Waals surface area contributed by atoms with Crippen molar-refractivity contribution in [2.75, 3.05) is 10.6 Å². The summed E-state index contributed by atoms with van der Waals surface area (Å²) >= 11 is 18.8. The zero-order chi connectivity index (χ0) is 33.2. The van der Waals surface area contributed by atoms with Gasteiger partial charge in [-0.1, -0.05) is 83.3 Å². The van der Waals surface area contributed by atoms with Crippen LogP contribution in [-0.2, 0) is 0 Å². The molecule has 0 aliphatic carbocycles. The van der Waals surface area contributed by atoms with Gasteiger partial charge in [-0.05, 0) is 66.0 Å². The second-order valence-corrected chi connectivity index (χ2v) is 11.5. The first-order valence-corrected chi connectivity index (χ1v) is 15.0. The third-order valence-electron chi connectivity index (χ3n) is 7.28. The molecule has 6 aromatic carbocycles. The molecule has 0 unspecified atom stereocenters. The number of phenolic OH excluding ortho intramolecular Hbond substituents is 2. The van der Waals surface area contributed by atoms with Crippen LogP contribution in [0.3, 0.4) is 0 Å². The van der Waals surface area contributed by atoms with Gasteiger partial charge in [-0.25, -0.2) is 0 Å². The van der Waals surface area contributed by atoms with E-state index >= 15 is 0 Å². The van der Waals surface area contributed by atoms with Crippen LogP contribution in [0.25, 0.3) is 21.5 Å². The first kappa shape index (κ1) is 31.5. The van der Waals surface area contributed by atoms with Gasteiger partial charge in [0.15, 0.2) is 11.5 Å². The number of carbonyl (C=O) groups excluding carboxylic acids is 2. The molecule has 0 bridgehead atoms. The Morgan fingerprint density at radius 1 is 0.638 bits per heavy atom. The Morgan fingerprint density at radius 3 is 1.87 bits per heavy atom. The van der Waals surface area contributed by atoms with E-state index in [9.17, 15) is 19.8 Å². The molecule has 0 saturated carbocycles. The average Bonchev–Trinajstić information content (AvgIpc) is 3.06. The first-order chi connectivity index (χ1) is 22.6. The van der Waals surface area contributed by atoms with Crippen molar-refractivity contribution in [3.05, 3.63) is 123 Å². The molecule has 6 aromatic rings. The molecule has 0 aromatic heterocycles. The number of hydrogen-bond acceptors (Lipinski definition) is 7. The fourth-order valence-electron chi connectivity index (χ4n) is 4.99. The van der Waals surface area contributed by atoms with E-state index in [0.29, 0.717) is 37.3 Å². The van der Waals surface area contributed by atoms with Crippen LogP contribution >= 0.6 is 34.8 Å². The number of hydrogen-bond donors (Lipinski definition) is 4. The summed E-state index contributed by atoms with van der Waals surface area (Å²) in [5.74, 6) is -2.00. The Bertz CT molecular complexity index is 2290. The van der Waals surface area contributed by atoms with Gasteiger partial charge in [0.2, 0.25) is 0 Å². The molecule has 0 radical (unpaired) electrons. The highest BCUT2D eigenvalue weighted by molar-refractivity contribution is 6.35. The molecule has 0 heterocycles. The van der Waals surface area contributed by atoms with Crippen LogP contribution in [0.4, 0.5) is 28.4 Å². The van der Waals surface area contributed by atoms with E-state index in [-0.39, 0.29) is 44.6 Å². The smallest absolute Gasteiger partial charge is 0.259 e. The first-order valence-electron chi connectivity index (χ1n) is 13.9. The normalized spacial score (nSPS) is 11.2. The highest BCUT2D eigenvalue weighted by Gasteiger charge is 2.21. The predicted octanol–water partition coefficient (Wildman–Crippen LogP) is 10.6. The third kappa shape index (κ3) is 6.32. The van der Waals surface area contributed by atoms with Crippen molar-refractivity contribution in [2.24, 2.45) is 15.2 Å². The maximum absolute atomic E-state index is 13.5. The molecule has 0 aliphatic heterocycles. The highest BCUT2D eigenvalue weighted by Crippen LogP contribution is 2.41. The number of anilines is 2. The van der Waals surface area contributed by atoms with E-state index in [1.165, 1.54) is 30.3 Å². The molecule has 9 nitrogen and oxygen atoms in total. The molecule has 0 spiro atoms. The number of nitrogens with one attached hydrogen (secondary N) is 2. The number of nitrogens with zero attached hydrogens (tertiary/aromatic N) is 3. The summed E-state index contributed by atoms with van der Waals surface area (Å²) in [7, 11) is 0. The lowest BCUT2D eigenvalue weighted by molar-refractivity contribution is 0.101. The van der Waals surface area contributed by atoms with E-state index in [4.69, 9.17) is 34.8 Å². The van der Waals surface area contributed by atoms with E-state index in [2.05, 4.69) is 32.6 Å². The maximum atomic E-state index is 13.5. The van der Waals surface area contributed by atoms with Crippen LogP contribution < -0.4 is 10.6 Å². The number of phenols is 2. The summed E-state index contributed by atoms with van der Waals surface area (Å²) in [6.07, 6.45) is 0. The molecular formula is C35H22Cl3N5O4. The molecule has 2 amide bonds. The highest BCUT2D eigenvalue weighted by atomic mass is 35.5. The van der Waals surface area contributed by atoms with Gasteiger partial charge in [-0.15, -0.1) is 10.2 Å². The van der Waals surface area contributed by atoms with Gasteiger partial charge < -0.3 is 20.8 Å². The molecule has 0 fully saturated rings. The number of amides is 2. The van der Waals surface area contributed by atoms with Crippen molar-refractivity contribution in [1.82, 2.24) is 0 Å². The van der Waals surface area contributed by atoms with Gasteiger partial charge in [0.1, 0.15) is 17.1 Å². The summed E-state index contributed by atoms with van der Waals surface area (Å²) < 4.78 is 0. The minimum Gasteiger partial charge on any atom is -0.505 e. The maximum Gasteiger partial charge on any atom is 0.259 e. The summed E-state index contributed by atoms with van der Waals surface area (Å²) in [5, 5.41) is 39.1. The number of halogens is 3. The van der Waals surface area contributed by atoms with Crippen LogP contribution in [0, 0.1) is 0 Å². The van der Waals surface area contributed by atoms with Crippen LogP contribution in [0.1, 0.15) is 20.7 Å². The van der Waals surface area contributed by atoms with Crippen molar-refractivity contribution in [1.29, 1.82) is 0 Å². The minimum atomic E-state index is -0.672. The second kappa shape index (κ2) is 13.1. The van der Waals surface area contributed by atoms with Crippen LogP contribution in [0.2, 0.25) is 15.1 Å². The number of fused-ring (bicyclic) bond motifs is 2. The SMILES string of the molecule is C=Nc1c(O)c(C(=O)Nc2ccc(NC(=O)c3cc4ccccc4c(N=Nc4cc(Cl)ccc4Cl)c3O)c(Cl)c2)cc2ccccc12. The Labute approximate surface area is 282 Å². The largest absolute Gasteiger partial charge is 0.505 e. The monoisotopic (exact) mass is 681 g/mol. The summed E-state index contributed by atoms with van der Waals surface area (Å²) in [5.41, 5.74) is 0.959. The topological polar surface area (TPSA) is 136 Å². The molecule has 6 rings (SSSR count). The number of carbonyl (C=O) groups is 2. The van der Waals surface area contributed by atoms with Gasteiger partial charge in [0.05, 0.1) is 26.9 Å². The lowest BCUT2D eigenvalue weighted by Crippen LogP contribution is -2.14. The third-order valence-corrected chi connectivity index (χ3v) is 8.15. The average molecular weight is 683 g/mol. The van der Waals surface area contributed by atoms with E-state index < -0.39 is 17.6 Å². The Kier molecular flexibility index (Phi) is 8.78. The summed E-state index contributed by atoms with van der Waals surface area (Å²) in [6.45, 7) is 3.52. The van der Waals surface area contributed by atoms with Crippen LogP contribution in [-0.4, -0.2) is 28.7 Å². The van der Waals surface area contributed by atoms with Gasteiger partial charge in [0, 0.05) is 21.5 Å². The van der Waals surface area contributed by atoms with Gasteiger partial charge in [-0.2, -0.15) is 0 Å². The number of rotatable bonds is 7. The van der Waals surface area contributed by atoms with E-state index in [1.807, 2.05) is 0 Å². The van der Waals surface area contributed by atoms with Gasteiger partial charge >= 0.3 is 0 Å². The molecule has 4 N–H and O–H groups in total. The van der Waals surface area contributed by atoms with E-state index in [1.54, 1.807) is 66.7 Å². The molecule has 0 aliphatic rings. The molecule has 232 valence electrons. The predicted molar refractivity (Wildman–Crippen MR) is 188 cm³/mol. The number of aliphatic imine (C=N–C) groups is 1. The molecular weight excluding hydrogens is 661 g/mol. The molecule has 47 heavy (non-hydrogen) atoms. The fourth-order valence-corrected chi connectivity index (χ4v) is 5.54.